The minimum atomic E-state index is -0.101. The van der Waals surface area contributed by atoms with Crippen molar-refractivity contribution in [3.63, 3.8) is 0 Å². The third-order valence-electron chi connectivity index (χ3n) is 3.19. The average Bonchev–Trinajstić information content (AvgIpc) is 3.02. The van der Waals surface area contributed by atoms with Crippen molar-refractivity contribution in [3.05, 3.63) is 17.0 Å². The van der Waals surface area contributed by atoms with Crippen LogP contribution < -0.4 is 11.1 Å². The molecule has 1 aliphatic heterocycles. The summed E-state index contributed by atoms with van der Waals surface area (Å²) in [6.07, 6.45) is 1.68. The van der Waals surface area contributed by atoms with Gasteiger partial charge in [-0.1, -0.05) is 11.3 Å². The summed E-state index contributed by atoms with van der Waals surface area (Å²) >= 11 is 1.29. The van der Waals surface area contributed by atoms with Gasteiger partial charge in [0.15, 0.2) is 11.0 Å². The highest BCUT2D eigenvalue weighted by molar-refractivity contribution is 7.18. The number of fused-ring (bicyclic) bond motifs is 1. The Balaban J connectivity index is 1.78. The van der Waals surface area contributed by atoms with Crippen molar-refractivity contribution in [1.82, 2.24) is 24.6 Å². The third kappa shape index (κ3) is 2.68. The number of carbonyl (C=O) groups excluding carboxylic acids is 1. The van der Waals surface area contributed by atoms with Gasteiger partial charge < -0.3 is 20.5 Å². The number of nitrogens with two attached hydrogens (primary N) is 1. The second kappa shape index (κ2) is 5.32. The van der Waals surface area contributed by atoms with Crippen LogP contribution in [0.25, 0.3) is 0 Å². The molecule has 3 N–H and O–H groups in total. The molecule has 0 saturated heterocycles. The number of thiazole rings is 1. The van der Waals surface area contributed by atoms with E-state index in [1.54, 1.807) is 11.2 Å². The molecule has 2 aromatic heterocycles. The first-order valence-electron chi connectivity index (χ1n) is 6.73. The summed E-state index contributed by atoms with van der Waals surface area (Å²) in [7, 11) is 0. The van der Waals surface area contributed by atoms with E-state index in [-0.39, 0.29) is 17.8 Å². The fourth-order valence-corrected chi connectivity index (χ4v) is 3.18. The van der Waals surface area contributed by atoms with Crippen LogP contribution in [0.2, 0.25) is 0 Å². The topological polar surface area (TPSA) is 102 Å². The summed E-state index contributed by atoms with van der Waals surface area (Å²) in [5, 5.41) is 11.7. The Morgan fingerprint density at radius 2 is 2.29 bits per heavy atom. The molecule has 2 aromatic rings. The molecule has 0 aromatic carbocycles. The Bertz CT molecular complexity index is 662. The Hall–Kier alpha value is -2.16. The summed E-state index contributed by atoms with van der Waals surface area (Å²) < 4.78 is 1.95. The molecule has 0 fully saturated rings. The van der Waals surface area contributed by atoms with Crippen molar-refractivity contribution in [2.75, 3.05) is 17.6 Å². The van der Waals surface area contributed by atoms with E-state index in [1.165, 1.54) is 11.3 Å². The molecule has 0 radical (unpaired) electrons. The van der Waals surface area contributed by atoms with Gasteiger partial charge in [0.25, 0.3) is 5.91 Å². The summed E-state index contributed by atoms with van der Waals surface area (Å²) in [5.41, 5.74) is 5.88. The van der Waals surface area contributed by atoms with Gasteiger partial charge >= 0.3 is 0 Å². The van der Waals surface area contributed by atoms with Crippen molar-refractivity contribution < 1.29 is 4.79 Å². The van der Waals surface area contributed by atoms with Gasteiger partial charge in [0, 0.05) is 19.1 Å². The second-order valence-electron chi connectivity index (χ2n) is 5.20. The van der Waals surface area contributed by atoms with Crippen molar-refractivity contribution in [1.29, 1.82) is 0 Å². The Morgan fingerprint density at radius 1 is 1.48 bits per heavy atom. The van der Waals surface area contributed by atoms with Crippen LogP contribution in [0.3, 0.4) is 0 Å². The molecule has 0 spiro atoms. The van der Waals surface area contributed by atoms with Crippen LogP contribution >= 0.6 is 11.3 Å². The lowest BCUT2D eigenvalue weighted by Gasteiger charge is -2.26. The molecule has 9 heteroatoms. The maximum atomic E-state index is 12.6. The molecular weight excluding hydrogens is 290 g/mol. The molecule has 0 saturated carbocycles. The van der Waals surface area contributed by atoms with Crippen LogP contribution in [0.15, 0.2) is 6.33 Å². The molecular formula is C12H17N7OS. The molecule has 112 valence electrons. The molecule has 0 atom stereocenters. The second-order valence-corrected chi connectivity index (χ2v) is 6.20. The standard InChI is InChI=1S/C12H17N7OS/c1-7(2)15-12-16-10(13)9(21-12)11(20)18-3-4-19-6-14-17-8(19)5-18/h6-7H,3-5,13H2,1-2H3,(H,15,16). The number of nitrogen functional groups attached to an aromatic ring is 1. The average molecular weight is 307 g/mol. The Labute approximate surface area is 126 Å². The number of amides is 1. The van der Waals surface area contributed by atoms with Gasteiger partial charge in [-0.05, 0) is 13.8 Å². The zero-order valence-electron chi connectivity index (χ0n) is 11.9. The smallest absolute Gasteiger partial charge is 0.268 e. The van der Waals surface area contributed by atoms with Gasteiger partial charge in [-0.2, -0.15) is 0 Å². The van der Waals surface area contributed by atoms with Crippen LogP contribution in [0.1, 0.15) is 29.3 Å². The van der Waals surface area contributed by atoms with E-state index in [0.29, 0.717) is 29.6 Å². The highest BCUT2D eigenvalue weighted by Crippen LogP contribution is 2.27. The zero-order valence-corrected chi connectivity index (χ0v) is 12.7. The molecule has 8 nitrogen and oxygen atoms in total. The molecule has 1 amide bonds. The van der Waals surface area contributed by atoms with Crippen molar-refractivity contribution in [2.45, 2.75) is 33.0 Å². The lowest BCUT2D eigenvalue weighted by Crippen LogP contribution is -2.38. The van der Waals surface area contributed by atoms with Crippen LogP contribution in [0, 0.1) is 0 Å². The van der Waals surface area contributed by atoms with E-state index in [0.717, 1.165) is 5.82 Å². The lowest BCUT2D eigenvalue weighted by molar-refractivity contribution is 0.0713. The first-order chi connectivity index (χ1) is 10.0. The van der Waals surface area contributed by atoms with E-state index in [2.05, 4.69) is 20.5 Å². The molecule has 1 aliphatic rings. The van der Waals surface area contributed by atoms with Gasteiger partial charge in [-0.25, -0.2) is 4.98 Å². The van der Waals surface area contributed by atoms with Crippen LogP contribution in [0.4, 0.5) is 10.9 Å². The number of carbonyl (C=O) groups is 1. The summed E-state index contributed by atoms with van der Waals surface area (Å²) in [5.74, 6) is 0.967. The molecule has 3 rings (SSSR count). The molecule has 21 heavy (non-hydrogen) atoms. The fraction of sp³-hybridized carbons (Fsp3) is 0.500. The SMILES string of the molecule is CC(C)Nc1nc(N)c(C(=O)N2CCn3cnnc3C2)s1. The van der Waals surface area contributed by atoms with E-state index in [4.69, 9.17) is 5.73 Å². The predicted molar refractivity (Wildman–Crippen MR) is 80.0 cm³/mol. The minimum absolute atomic E-state index is 0.101. The third-order valence-corrected chi connectivity index (χ3v) is 4.18. The van der Waals surface area contributed by atoms with E-state index < -0.39 is 0 Å². The van der Waals surface area contributed by atoms with E-state index >= 15 is 0 Å². The van der Waals surface area contributed by atoms with Gasteiger partial charge in [0.05, 0.1) is 6.54 Å². The quantitative estimate of drug-likeness (QED) is 0.869. The molecule has 3 heterocycles. The Kier molecular flexibility index (Phi) is 3.50. The Morgan fingerprint density at radius 3 is 3.05 bits per heavy atom. The number of nitrogens with one attached hydrogen (secondary N) is 1. The summed E-state index contributed by atoms with van der Waals surface area (Å²) in [6.45, 7) is 5.79. The summed E-state index contributed by atoms with van der Waals surface area (Å²) in [4.78, 5) is 19.0. The predicted octanol–water partition coefficient (Wildman–Crippen LogP) is 0.793. The highest BCUT2D eigenvalue weighted by atomic mass is 32.1. The van der Waals surface area contributed by atoms with Gasteiger partial charge in [0.2, 0.25) is 0 Å². The minimum Gasteiger partial charge on any atom is -0.382 e. The van der Waals surface area contributed by atoms with Gasteiger partial charge in [-0.3, -0.25) is 4.79 Å². The van der Waals surface area contributed by atoms with Crippen molar-refractivity contribution in [3.8, 4) is 0 Å². The van der Waals surface area contributed by atoms with E-state index in [9.17, 15) is 4.79 Å². The lowest BCUT2D eigenvalue weighted by atomic mass is 10.3. The number of nitrogens with zero attached hydrogens (tertiary/aromatic N) is 5. The van der Waals surface area contributed by atoms with Crippen LogP contribution in [-0.2, 0) is 13.1 Å². The van der Waals surface area contributed by atoms with Crippen LogP contribution in [0.5, 0.6) is 0 Å². The van der Waals surface area contributed by atoms with Gasteiger partial charge in [-0.15, -0.1) is 10.2 Å². The first-order valence-corrected chi connectivity index (χ1v) is 7.55. The van der Waals surface area contributed by atoms with Crippen LogP contribution in [-0.4, -0.2) is 43.1 Å². The maximum Gasteiger partial charge on any atom is 0.268 e. The maximum absolute atomic E-state index is 12.6. The van der Waals surface area contributed by atoms with Crippen molar-refractivity contribution >= 4 is 28.2 Å². The fourth-order valence-electron chi connectivity index (χ4n) is 2.18. The van der Waals surface area contributed by atoms with E-state index in [1.807, 2.05) is 18.4 Å². The molecule has 0 bridgehead atoms. The number of hydrogen-bond acceptors (Lipinski definition) is 7. The molecule has 0 unspecified atom stereocenters. The largest absolute Gasteiger partial charge is 0.382 e. The number of rotatable bonds is 3. The zero-order chi connectivity index (χ0) is 15.0. The monoisotopic (exact) mass is 307 g/mol. The van der Waals surface area contributed by atoms with Crippen molar-refractivity contribution in [2.24, 2.45) is 0 Å². The number of aromatic nitrogens is 4. The molecule has 0 aliphatic carbocycles. The number of anilines is 2. The first kappa shape index (κ1) is 13.8. The highest BCUT2D eigenvalue weighted by Gasteiger charge is 2.26. The number of hydrogen-bond donors (Lipinski definition) is 2. The van der Waals surface area contributed by atoms with Gasteiger partial charge in [0.1, 0.15) is 17.0 Å². The summed E-state index contributed by atoms with van der Waals surface area (Å²) in [6, 6.07) is 0.243. The normalized spacial score (nSPS) is 14.3.